The van der Waals surface area contributed by atoms with Gasteiger partial charge in [-0.2, -0.15) is 8.42 Å². The molecule has 0 aromatic carbocycles. The molecule has 0 amide bonds. The number of aromatic nitrogens is 1. The third kappa shape index (κ3) is 9.11. The van der Waals surface area contributed by atoms with Crippen LogP contribution in [0.3, 0.4) is 0 Å². The molecule has 0 aliphatic heterocycles. The van der Waals surface area contributed by atoms with E-state index in [1.165, 1.54) is 0 Å². The number of hydrogen-bond acceptors (Lipinski definition) is 3. The highest BCUT2D eigenvalue weighted by atomic mass is 32.2. The molecule has 0 saturated heterocycles. The Morgan fingerprint density at radius 3 is 2.20 bits per heavy atom. The maximum absolute atomic E-state index is 9.79. The van der Waals surface area contributed by atoms with Crippen LogP contribution < -0.4 is 0 Å². The van der Waals surface area contributed by atoms with Gasteiger partial charge < -0.3 is 0 Å². The zero-order chi connectivity index (χ0) is 11.7. The Labute approximate surface area is 90.4 Å². The highest BCUT2D eigenvalue weighted by Gasteiger charge is 1.98. The van der Waals surface area contributed by atoms with Crippen molar-refractivity contribution in [2.24, 2.45) is 0 Å². The van der Waals surface area contributed by atoms with Gasteiger partial charge in [0, 0.05) is 12.4 Å². The average Bonchev–Trinajstić information content (AvgIpc) is 2.18. The minimum absolute atomic E-state index is 0.132. The molecule has 1 rings (SSSR count). The van der Waals surface area contributed by atoms with Gasteiger partial charge in [-0.1, -0.05) is 19.6 Å². The van der Waals surface area contributed by atoms with E-state index in [9.17, 15) is 8.42 Å². The standard InChI is InChI=1S/C7H7N.C3H8O3S/c1-2-7-3-5-8-6-4-7;1-2-3-7(4,5)6/h2-6H,1H2;2-3H2,1H3,(H,4,5,6). The molecule has 15 heavy (non-hydrogen) atoms. The molecule has 1 aromatic rings. The Balaban J connectivity index is 0.000000265. The molecular formula is C10H15NO3S. The highest BCUT2D eigenvalue weighted by Crippen LogP contribution is 1.95. The topological polar surface area (TPSA) is 67.3 Å². The lowest BCUT2D eigenvalue weighted by atomic mass is 10.3. The van der Waals surface area contributed by atoms with E-state index < -0.39 is 10.1 Å². The van der Waals surface area contributed by atoms with Gasteiger partial charge in [0.15, 0.2) is 0 Å². The Morgan fingerprint density at radius 2 is 2.00 bits per heavy atom. The highest BCUT2D eigenvalue weighted by molar-refractivity contribution is 7.85. The van der Waals surface area contributed by atoms with Gasteiger partial charge in [-0.25, -0.2) is 0 Å². The van der Waals surface area contributed by atoms with Gasteiger partial charge >= 0.3 is 0 Å². The Hall–Kier alpha value is -1.20. The molecule has 1 aromatic heterocycles. The van der Waals surface area contributed by atoms with Crippen LogP contribution in [0, 0.1) is 0 Å². The number of hydrogen-bond donors (Lipinski definition) is 1. The van der Waals surface area contributed by atoms with E-state index in [0.29, 0.717) is 6.42 Å². The van der Waals surface area contributed by atoms with E-state index >= 15 is 0 Å². The van der Waals surface area contributed by atoms with Crippen molar-refractivity contribution in [3.8, 4) is 0 Å². The van der Waals surface area contributed by atoms with E-state index in [1.807, 2.05) is 12.1 Å². The van der Waals surface area contributed by atoms with Crippen LogP contribution in [0.25, 0.3) is 6.08 Å². The lowest BCUT2D eigenvalue weighted by Crippen LogP contribution is -2.01. The minimum atomic E-state index is -3.67. The maximum atomic E-state index is 9.79. The summed E-state index contributed by atoms with van der Waals surface area (Å²) in [6.07, 6.45) is 5.76. The normalized spacial score (nSPS) is 10.0. The van der Waals surface area contributed by atoms with E-state index in [2.05, 4.69) is 11.6 Å². The fraction of sp³-hybridized carbons (Fsp3) is 0.300. The van der Waals surface area contributed by atoms with Gasteiger partial charge in [-0.05, 0) is 24.1 Å². The quantitative estimate of drug-likeness (QED) is 0.805. The molecule has 5 heteroatoms. The molecule has 0 radical (unpaired) electrons. The molecule has 0 saturated carbocycles. The van der Waals surface area contributed by atoms with Gasteiger partial charge in [-0.15, -0.1) is 0 Å². The summed E-state index contributed by atoms with van der Waals surface area (Å²) in [5, 5.41) is 0. The summed E-state index contributed by atoms with van der Waals surface area (Å²) in [4.78, 5) is 3.85. The lowest BCUT2D eigenvalue weighted by Gasteiger charge is -1.85. The van der Waals surface area contributed by atoms with Crippen molar-refractivity contribution in [3.05, 3.63) is 36.7 Å². The fourth-order valence-corrected chi connectivity index (χ4v) is 1.27. The van der Waals surface area contributed by atoms with Gasteiger partial charge in [-0.3, -0.25) is 9.54 Å². The summed E-state index contributed by atoms with van der Waals surface area (Å²) in [5.74, 6) is -0.132. The number of nitrogens with zero attached hydrogens (tertiary/aromatic N) is 1. The van der Waals surface area contributed by atoms with E-state index in [4.69, 9.17) is 4.55 Å². The average molecular weight is 229 g/mol. The van der Waals surface area contributed by atoms with Gasteiger partial charge in [0.2, 0.25) is 0 Å². The van der Waals surface area contributed by atoms with E-state index in [1.54, 1.807) is 25.4 Å². The molecule has 1 heterocycles. The predicted octanol–water partition coefficient (Wildman–Crippen LogP) is 2.01. The summed E-state index contributed by atoms with van der Waals surface area (Å²) < 4.78 is 27.6. The zero-order valence-electron chi connectivity index (χ0n) is 8.63. The largest absolute Gasteiger partial charge is 0.286 e. The third-order valence-electron chi connectivity index (χ3n) is 1.40. The molecule has 0 aliphatic carbocycles. The van der Waals surface area contributed by atoms with Crippen LogP contribution in [0.15, 0.2) is 31.1 Å². The summed E-state index contributed by atoms with van der Waals surface area (Å²) >= 11 is 0. The first kappa shape index (κ1) is 13.8. The van der Waals surface area contributed by atoms with Crippen molar-refractivity contribution < 1.29 is 13.0 Å². The summed E-state index contributed by atoms with van der Waals surface area (Å²) in [6.45, 7) is 5.29. The van der Waals surface area contributed by atoms with Gasteiger partial charge in [0.1, 0.15) is 0 Å². The maximum Gasteiger partial charge on any atom is 0.264 e. The molecule has 0 spiro atoms. The van der Waals surface area contributed by atoms with Gasteiger partial charge in [0.05, 0.1) is 5.75 Å². The van der Waals surface area contributed by atoms with Crippen molar-refractivity contribution in [2.45, 2.75) is 13.3 Å². The first-order valence-electron chi connectivity index (χ1n) is 4.47. The van der Waals surface area contributed by atoms with Crippen LogP contribution in [0.4, 0.5) is 0 Å². The Bertz CT molecular complexity index is 373. The molecule has 1 N–H and O–H groups in total. The van der Waals surface area contributed by atoms with Crippen LogP contribution in [0.2, 0.25) is 0 Å². The molecule has 0 aliphatic rings. The molecule has 0 fully saturated rings. The van der Waals surface area contributed by atoms with Crippen LogP contribution >= 0.6 is 0 Å². The smallest absolute Gasteiger partial charge is 0.264 e. The molecular weight excluding hydrogens is 214 g/mol. The Kier molecular flexibility index (Phi) is 6.57. The second-order valence-corrected chi connectivity index (χ2v) is 4.34. The van der Waals surface area contributed by atoms with Crippen molar-refractivity contribution in [1.29, 1.82) is 0 Å². The Morgan fingerprint density at radius 1 is 1.47 bits per heavy atom. The second-order valence-electron chi connectivity index (χ2n) is 2.77. The van der Waals surface area contributed by atoms with Crippen LogP contribution in [-0.2, 0) is 10.1 Å². The zero-order valence-corrected chi connectivity index (χ0v) is 9.44. The van der Waals surface area contributed by atoms with E-state index in [0.717, 1.165) is 5.56 Å². The summed E-state index contributed by atoms with van der Waals surface area (Å²) in [6, 6.07) is 3.82. The number of rotatable bonds is 3. The van der Waals surface area contributed by atoms with Crippen molar-refractivity contribution in [2.75, 3.05) is 5.75 Å². The molecule has 0 unspecified atom stereocenters. The summed E-state index contributed by atoms with van der Waals surface area (Å²) in [7, 11) is -3.67. The molecule has 0 bridgehead atoms. The third-order valence-corrected chi connectivity index (χ3v) is 2.33. The lowest BCUT2D eigenvalue weighted by molar-refractivity contribution is 0.482. The number of pyridine rings is 1. The van der Waals surface area contributed by atoms with Gasteiger partial charge in [0.25, 0.3) is 10.1 Å². The van der Waals surface area contributed by atoms with Crippen LogP contribution in [0.1, 0.15) is 18.9 Å². The minimum Gasteiger partial charge on any atom is -0.286 e. The fourth-order valence-electron chi connectivity index (χ4n) is 0.757. The van der Waals surface area contributed by atoms with Crippen LogP contribution in [0.5, 0.6) is 0 Å². The summed E-state index contributed by atoms with van der Waals surface area (Å²) in [5.41, 5.74) is 1.11. The molecule has 4 nitrogen and oxygen atoms in total. The molecule has 84 valence electrons. The first-order valence-corrected chi connectivity index (χ1v) is 6.08. The second kappa shape index (κ2) is 7.14. The van der Waals surface area contributed by atoms with Crippen LogP contribution in [-0.4, -0.2) is 23.7 Å². The van der Waals surface area contributed by atoms with Crippen molar-refractivity contribution in [3.63, 3.8) is 0 Å². The SMILES string of the molecule is C=Cc1ccncc1.CCCS(=O)(=O)O. The van der Waals surface area contributed by atoms with Crippen molar-refractivity contribution >= 4 is 16.2 Å². The van der Waals surface area contributed by atoms with Crippen molar-refractivity contribution in [1.82, 2.24) is 4.98 Å². The first-order chi connectivity index (χ1) is 6.99. The predicted molar refractivity (Wildman–Crippen MR) is 61.0 cm³/mol. The van der Waals surface area contributed by atoms with E-state index in [-0.39, 0.29) is 5.75 Å². The molecule has 0 atom stereocenters. The monoisotopic (exact) mass is 229 g/mol.